The van der Waals surface area contributed by atoms with Gasteiger partial charge < -0.3 is 20.1 Å². The van der Waals surface area contributed by atoms with Crippen molar-refractivity contribution in [3.63, 3.8) is 0 Å². The first-order valence-corrected chi connectivity index (χ1v) is 21.3. The van der Waals surface area contributed by atoms with Gasteiger partial charge in [0.25, 0.3) is 11.8 Å². The van der Waals surface area contributed by atoms with E-state index in [4.69, 9.17) is 9.47 Å². The van der Waals surface area contributed by atoms with Gasteiger partial charge in [0, 0.05) is 28.7 Å². The molecule has 0 unspecified atom stereocenters. The summed E-state index contributed by atoms with van der Waals surface area (Å²) in [5, 5.41) is 6.56. The quantitative estimate of drug-likeness (QED) is 0.135. The Morgan fingerprint density at radius 2 is 1.42 bits per heavy atom. The number of aryl methyl sites for hydroxylation is 3. The molecule has 3 aromatic carbocycles. The van der Waals surface area contributed by atoms with Crippen molar-refractivity contribution in [2.24, 2.45) is 5.92 Å². The summed E-state index contributed by atoms with van der Waals surface area (Å²) >= 11 is 1.44. The Hall–Kier alpha value is -4.85. The summed E-state index contributed by atoms with van der Waals surface area (Å²) in [6, 6.07) is 21.7. The molecule has 1 fully saturated rings. The molecule has 0 bridgehead atoms. The molecule has 4 aromatic rings. The number of benzene rings is 3. The normalized spacial score (nSPS) is 16.9. The third-order valence-electron chi connectivity index (χ3n) is 10.5. The van der Waals surface area contributed by atoms with Crippen LogP contribution in [0.5, 0.6) is 0 Å². The molecule has 2 aliphatic rings. The number of fused-ring (bicyclic) bond motifs is 1. The van der Waals surface area contributed by atoms with E-state index in [1.165, 1.54) is 36.1 Å². The van der Waals surface area contributed by atoms with Gasteiger partial charge in [-0.15, -0.1) is 11.3 Å². The molecule has 11 nitrogen and oxygen atoms in total. The second kappa shape index (κ2) is 17.7. The fraction of sp³-hybridized carbons (Fsp3) is 0.381. The van der Waals surface area contributed by atoms with Gasteiger partial charge in [0.15, 0.2) is 0 Å². The molecule has 0 spiro atoms. The van der Waals surface area contributed by atoms with Crippen LogP contribution in [-0.4, -0.2) is 63.0 Å². The third-order valence-corrected chi connectivity index (χ3v) is 13.0. The molecule has 2 aliphatic carbocycles. The van der Waals surface area contributed by atoms with Crippen LogP contribution in [-0.2, 0) is 56.5 Å². The molecule has 13 heteroatoms. The second-order valence-electron chi connectivity index (χ2n) is 14.2. The van der Waals surface area contributed by atoms with E-state index in [2.05, 4.69) is 10.6 Å². The molecular weight excluding hydrogens is 739 g/mol. The van der Waals surface area contributed by atoms with Crippen LogP contribution in [0.1, 0.15) is 96.7 Å². The number of thiophene rings is 1. The molecule has 0 aliphatic heterocycles. The zero-order valence-electron chi connectivity index (χ0n) is 31.4. The Morgan fingerprint density at radius 3 is 2.05 bits per heavy atom. The maximum atomic E-state index is 13.9. The van der Waals surface area contributed by atoms with E-state index < -0.39 is 10.0 Å². The van der Waals surface area contributed by atoms with Crippen LogP contribution in [0, 0.1) is 5.92 Å². The number of methoxy groups -OCH3 is 2. The number of sulfonamides is 1. The van der Waals surface area contributed by atoms with Crippen molar-refractivity contribution < 1.29 is 37.1 Å². The van der Waals surface area contributed by atoms with Gasteiger partial charge in [0.1, 0.15) is 5.00 Å². The number of ether oxygens (including phenoxy) is 2. The van der Waals surface area contributed by atoms with E-state index >= 15 is 0 Å². The maximum absolute atomic E-state index is 13.9. The summed E-state index contributed by atoms with van der Waals surface area (Å²) in [6.45, 7) is 0.0946. The Balaban J connectivity index is 1.12. The van der Waals surface area contributed by atoms with Crippen LogP contribution in [0.25, 0.3) is 0 Å². The predicted octanol–water partition coefficient (Wildman–Crippen LogP) is 7.20. The van der Waals surface area contributed by atoms with Gasteiger partial charge in [0.2, 0.25) is 10.0 Å². The third kappa shape index (κ3) is 9.88. The Labute approximate surface area is 326 Å². The lowest BCUT2D eigenvalue weighted by molar-refractivity contribution is -0.146. The number of hydrogen-bond acceptors (Lipinski definition) is 9. The monoisotopic (exact) mass is 785 g/mol. The van der Waals surface area contributed by atoms with Crippen LogP contribution in [0.3, 0.4) is 0 Å². The largest absolute Gasteiger partial charge is 0.469 e. The maximum Gasteiger partial charge on any atom is 0.337 e. The average Bonchev–Trinajstić information content (AvgIpc) is 3.57. The van der Waals surface area contributed by atoms with Crippen LogP contribution in [0.4, 0.5) is 10.7 Å². The lowest BCUT2D eigenvalue weighted by Gasteiger charge is -2.34. The highest BCUT2D eigenvalue weighted by molar-refractivity contribution is 7.88. The minimum atomic E-state index is -3.59. The van der Waals surface area contributed by atoms with Crippen molar-refractivity contribution in [2.75, 3.05) is 31.1 Å². The van der Waals surface area contributed by atoms with Gasteiger partial charge in [-0.05, 0) is 123 Å². The van der Waals surface area contributed by atoms with E-state index in [1.54, 1.807) is 36.4 Å². The Bertz CT molecular complexity index is 2140. The molecule has 55 heavy (non-hydrogen) atoms. The van der Waals surface area contributed by atoms with Crippen LogP contribution >= 0.6 is 11.3 Å². The van der Waals surface area contributed by atoms with E-state index in [-0.39, 0.29) is 42.3 Å². The molecular formula is C42H47N3O8S2. The minimum absolute atomic E-state index is 0.0946. The summed E-state index contributed by atoms with van der Waals surface area (Å²) < 4.78 is 37.0. The number of rotatable bonds is 13. The molecule has 6 rings (SSSR count). The van der Waals surface area contributed by atoms with Crippen molar-refractivity contribution in [1.82, 2.24) is 4.31 Å². The predicted molar refractivity (Wildman–Crippen MR) is 213 cm³/mol. The smallest absolute Gasteiger partial charge is 0.337 e. The summed E-state index contributed by atoms with van der Waals surface area (Å²) in [7, 11) is -0.866. The van der Waals surface area contributed by atoms with Crippen molar-refractivity contribution in [1.29, 1.82) is 0 Å². The standard InChI is InChI=1S/C42H47N3O8S2/c1-52-41(48)30-17-13-27(14-18-30)11-12-28-15-21-33(22-16-28)43-39(47)37-35-9-4-5-10-36(35)54-40(37)44-38(46)32-8-6-7-29(25-32)26-45(55(3,50)51)34-23-19-31(20-24-34)42(49)53-2/h6-8,13-18,21-22,25,31,34H,4-5,9-12,19-20,23-24,26H2,1-3H3,(H,43,47)(H,44,46). The minimum Gasteiger partial charge on any atom is -0.469 e. The molecule has 0 radical (unpaired) electrons. The highest BCUT2D eigenvalue weighted by Crippen LogP contribution is 2.39. The lowest BCUT2D eigenvalue weighted by atomic mass is 9.86. The summed E-state index contributed by atoms with van der Waals surface area (Å²) in [5.74, 6) is -1.53. The molecule has 2 amide bonds. The van der Waals surface area contributed by atoms with E-state index in [1.807, 2.05) is 36.4 Å². The van der Waals surface area contributed by atoms with E-state index in [0.29, 0.717) is 58.6 Å². The Morgan fingerprint density at radius 1 is 0.764 bits per heavy atom. The van der Waals surface area contributed by atoms with Crippen molar-refractivity contribution in [3.8, 4) is 0 Å². The topological polar surface area (TPSA) is 148 Å². The van der Waals surface area contributed by atoms with Gasteiger partial charge in [-0.3, -0.25) is 14.4 Å². The zero-order chi connectivity index (χ0) is 39.1. The van der Waals surface area contributed by atoms with Crippen LogP contribution in [0.2, 0.25) is 0 Å². The van der Waals surface area contributed by atoms with Gasteiger partial charge in [-0.1, -0.05) is 36.4 Å². The fourth-order valence-electron chi connectivity index (χ4n) is 7.51. The van der Waals surface area contributed by atoms with Gasteiger partial charge in [-0.25, -0.2) is 13.2 Å². The lowest BCUT2D eigenvalue weighted by Crippen LogP contribution is -2.42. The second-order valence-corrected chi connectivity index (χ2v) is 17.3. The molecule has 1 aromatic heterocycles. The number of anilines is 2. The summed E-state index contributed by atoms with van der Waals surface area (Å²) in [5.41, 5.74) is 5.82. The number of amides is 2. The fourth-order valence-corrected chi connectivity index (χ4v) is 9.92. The summed E-state index contributed by atoms with van der Waals surface area (Å²) in [6.07, 6.45) is 8.51. The van der Waals surface area contributed by atoms with Crippen LogP contribution in [0.15, 0.2) is 72.8 Å². The number of carbonyl (C=O) groups is 4. The molecule has 0 atom stereocenters. The zero-order valence-corrected chi connectivity index (χ0v) is 33.0. The van der Waals surface area contributed by atoms with E-state index in [9.17, 15) is 27.6 Å². The van der Waals surface area contributed by atoms with Crippen LogP contribution < -0.4 is 10.6 Å². The average molecular weight is 786 g/mol. The van der Waals surface area contributed by atoms with E-state index in [0.717, 1.165) is 60.1 Å². The first-order chi connectivity index (χ1) is 26.4. The first kappa shape index (κ1) is 39.8. The summed E-state index contributed by atoms with van der Waals surface area (Å²) in [4.78, 5) is 52.5. The van der Waals surface area contributed by atoms with Crippen molar-refractivity contribution in [3.05, 3.63) is 117 Å². The Kier molecular flexibility index (Phi) is 12.8. The number of carbonyl (C=O) groups excluding carboxylic acids is 4. The number of esters is 2. The van der Waals surface area contributed by atoms with Gasteiger partial charge in [-0.2, -0.15) is 4.31 Å². The first-order valence-electron chi connectivity index (χ1n) is 18.6. The molecule has 2 N–H and O–H groups in total. The molecule has 1 saturated carbocycles. The van der Waals surface area contributed by atoms with Gasteiger partial charge >= 0.3 is 11.9 Å². The highest BCUT2D eigenvalue weighted by Gasteiger charge is 2.34. The molecule has 0 saturated heterocycles. The van der Waals surface area contributed by atoms with Crippen molar-refractivity contribution >= 4 is 55.8 Å². The highest BCUT2D eigenvalue weighted by atomic mass is 32.2. The number of nitrogens with zero attached hydrogens (tertiary/aromatic N) is 1. The number of nitrogens with one attached hydrogen (secondary N) is 2. The molecule has 1 heterocycles. The SMILES string of the molecule is COC(=O)c1ccc(CCc2ccc(NC(=O)c3c(NC(=O)c4cccc(CN(C5CCC(C(=O)OC)CC5)S(C)(=O)=O)c4)sc4c3CCCC4)cc2)cc1. The van der Waals surface area contributed by atoms with Crippen molar-refractivity contribution in [2.45, 2.75) is 76.8 Å². The van der Waals surface area contributed by atoms with Gasteiger partial charge in [0.05, 0.1) is 37.5 Å². The molecule has 290 valence electrons. The number of hydrogen-bond donors (Lipinski definition) is 2.